The van der Waals surface area contributed by atoms with E-state index in [4.69, 9.17) is 0 Å². The quantitative estimate of drug-likeness (QED) is 0.736. The first-order chi connectivity index (χ1) is 10.4. The van der Waals surface area contributed by atoms with Gasteiger partial charge in [0.15, 0.2) is 5.78 Å². The summed E-state index contributed by atoms with van der Waals surface area (Å²) in [6.45, 7) is 6.62. The predicted molar refractivity (Wildman–Crippen MR) is 92.9 cm³/mol. The lowest BCUT2D eigenvalue weighted by Gasteiger charge is -2.16. The first kappa shape index (κ1) is 16.9. The normalized spacial score (nSPS) is 10.7. The van der Waals surface area contributed by atoms with Crippen molar-refractivity contribution in [3.63, 3.8) is 0 Å². The number of rotatable bonds is 6. The van der Waals surface area contributed by atoms with Crippen LogP contribution < -0.4 is 0 Å². The second-order valence-electron chi connectivity index (χ2n) is 5.53. The van der Waals surface area contributed by atoms with Crippen LogP contribution in [0.5, 0.6) is 0 Å². The van der Waals surface area contributed by atoms with E-state index in [2.05, 4.69) is 13.0 Å². The van der Waals surface area contributed by atoms with Gasteiger partial charge in [0.05, 0.1) is 6.54 Å². The van der Waals surface area contributed by atoms with Crippen LogP contribution in [0, 0.1) is 20.8 Å². The van der Waals surface area contributed by atoms with Gasteiger partial charge in [-0.2, -0.15) is 0 Å². The lowest BCUT2D eigenvalue weighted by Crippen LogP contribution is -2.26. The summed E-state index contributed by atoms with van der Waals surface area (Å²) in [5.74, 6) is 0.0849. The van der Waals surface area contributed by atoms with E-state index < -0.39 is 0 Å². The summed E-state index contributed by atoms with van der Waals surface area (Å²) in [7, 11) is 1.80. The van der Waals surface area contributed by atoms with Gasteiger partial charge >= 0.3 is 0 Å². The van der Waals surface area contributed by atoms with E-state index in [1.165, 1.54) is 10.4 Å². The van der Waals surface area contributed by atoms with Crippen LogP contribution in [-0.4, -0.2) is 23.6 Å². The molecule has 5 heteroatoms. The van der Waals surface area contributed by atoms with E-state index in [9.17, 15) is 9.59 Å². The third-order valence-corrected chi connectivity index (χ3v) is 5.66. The van der Waals surface area contributed by atoms with Crippen molar-refractivity contribution in [1.29, 1.82) is 0 Å². The Bertz CT molecular complexity index is 685. The Morgan fingerprint density at radius 2 is 1.91 bits per heavy atom. The van der Waals surface area contributed by atoms with Crippen LogP contribution in [0.4, 0.5) is 0 Å². The Hall–Kier alpha value is -1.46. The van der Waals surface area contributed by atoms with Crippen LogP contribution in [0.25, 0.3) is 0 Å². The molecule has 0 bridgehead atoms. The van der Waals surface area contributed by atoms with Crippen LogP contribution in [0.2, 0.25) is 0 Å². The molecule has 2 aromatic heterocycles. The highest BCUT2D eigenvalue weighted by Crippen LogP contribution is 2.22. The summed E-state index contributed by atoms with van der Waals surface area (Å²) in [5, 5.41) is 2.04. The summed E-state index contributed by atoms with van der Waals surface area (Å²) >= 11 is 3.29. The third-order valence-electron chi connectivity index (χ3n) is 3.68. The van der Waals surface area contributed by atoms with Crippen molar-refractivity contribution in [3.05, 3.63) is 43.3 Å². The van der Waals surface area contributed by atoms with E-state index in [0.29, 0.717) is 6.54 Å². The van der Waals surface area contributed by atoms with Crippen molar-refractivity contribution in [2.75, 3.05) is 7.05 Å². The minimum Gasteiger partial charge on any atom is -0.341 e. The minimum atomic E-state index is 0.0192. The van der Waals surface area contributed by atoms with Crippen LogP contribution in [0.1, 0.15) is 43.4 Å². The highest BCUT2D eigenvalue weighted by molar-refractivity contribution is 7.12. The summed E-state index contributed by atoms with van der Waals surface area (Å²) in [6.07, 6.45) is 0.553. The molecule has 0 aliphatic heterocycles. The van der Waals surface area contributed by atoms with E-state index in [0.717, 1.165) is 15.3 Å². The first-order valence-corrected chi connectivity index (χ1v) is 8.95. The third kappa shape index (κ3) is 4.05. The molecule has 0 fully saturated rings. The Labute approximate surface area is 139 Å². The zero-order chi connectivity index (χ0) is 16.3. The molecule has 1 amide bonds. The van der Waals surface area contributed by atoms with Crippen LogP contribution >= 0.6 is 22.7 Å². The summed E-state index contributed by atoms with van der Waals surface area (Å²) < 4.78 is 0. The Kier molecular flexibility index (Phi) is 5.53. The van der Waals surface area contributed by atoms with E-state index in [1.807, 2.05) is 25.3 Å². The molecule has 0 unspecified atom stereocenters. The van der Waals surface area contributed by atoms with Gasteiger partial charge in [-0.1, -0.05) is 0 Å². The SMILES string of the molecule is Cc1cc(C(=O)CCC(=O)N(C)Cc2sccc2C)c(C)s1. The summed E-state index contributed by atoms with van der Waals surface area (Å²) in [4.78, 5) is 29.5. The topological polar surface area (TPSA) is 37.4 Å². The number of amides is 1. The number of Topliss-reactive ketones (excluding diaryl/α,β-unsaturated/α-hetero) is 1. The van der Waals surface area contributed by atoms with Gasteiger partial charge in [0.2, 0.25) is 5.91 Å². The molecule has 0 aliphatic carbocycles. The zero-order valence-corrected chi connectivity index (χ0v) is 15.1. The van der Waals surface area contributed by atoms with Crippen molar-refractivity contribution in [3.8, 4) is 0 Å². The van der Waals surface area contributed by atoms with Gasteiger partial charge in [-0.15, -0.1) is 22.7 Å². The molecule has 2 aromatic rings. The number of carbonyl (C=O) groups is 2. The van der Waals surface area contributed by atoms with Crippen molar-refractivity contribution in [1.82, 2.24) is 4.90 Å². The monoisotopic (exact) mass is 335 g/mol. The van der Waals surface area contributed by atoms with Crippen LogP contribution in [0.15, 0.2) is 17.5 Å². The molecule has 0 radical (unpaired) electrons. The molecule has 0 atom stereocenters. The molecule has 2 heterocycles. The highest BCUT2D eigenvalue weighted by Gasteiger charge is 2.16. The maximum Gasteiger partial charge on any atom is 0.223 e. The van der Waals surface area contributed by atoms with E-state index >= 15 is 0 Å². The number of aryl methyl sites for hydroxylation is 3. The molecule has 0 saturated carbocycles. The van der Waals surface area contributed by atoms with Gasteiger partial charge in [-0.3, -0.25) is 9.59 Å². The fraction of sp³-hybridized carbons (Fsp3) is 0.412. The number of nitrogens with zero attached hydrogens (tertiary/aromatic N) is 1. The minimum absolute atomic E-state index is 0.0192. The molecule has 22 heavy (non-hydrogen) atoms. The Morgan fingerprint density at radius 3 is 2.45 bits per heavy atom. The van der Waals surface area contributed by atoms with Gasteiger partial charge in [0.25, 0.3) is 0 Å². The lowest BCUT2D eigenvalue weighted by atomic mass is 10.1. The van der Waals surface area contributed by atoms with E-state index in [-0.39, 0.29) is 24.5 Å². The standard InChI is InChI=1S/C17H21NO2S2/c1-11-7-8-21-16(11)10-18(4)17(20)6-5-15(19)14-9-12(2)22-13(14)3/h7-9H,5-6,10H2,1-4H3. The van der Waals surface area contributed by atoms with Crippen LogP contribution in [0.3, 0.4) is 0 Å². The molecule has 2 rings (SSSR count). The number of ketones is 1. The fourth-order valence-corrected chi connectivity index (χ4v) is 4.22. The Morgan fingerprint density at radius 1 is 1.18 bits per heavy atom. The van der Waals surface area contributed by atoms with Crippen molar-refractivity contribution in [2.45, 2.75) is 40.2 Å². The number of thiophene rings is 2. The molecular weight excluding hydrogens is 314 g/mol. The maximum atomic E-state index is 12.2. The predicted octanol–water partition coefficient (Wildman–Crippen LogP) is 4.36. The van der Waals surface area contributed by atoms with Gasteiger partial charge in [-0.05, 0) is 43.8 Å². The molecule has 0 spiro atoms. The Balaban J connectivity index is 1.88. The zero-order valence-electron chi connectivity index (χ0n) is 13.4. The molecule has 0 saturated heterocycles. The molecule has 0 aromatic carbocycles. The van der Waals surface area contributed by atoms with Crippen molar-refractivity contribution in [2.24, 2.45) is 0 Å². The van der Waals surface area contributed by atoms with Gasteiger partial charge in [0, 0.05) is 40.1 Å². The van der Waals surface area contributed by atoms with Gasteiger partial charge in [0.1, 0.15) is 0 Å². The van der Waals surface area contributed by atoms with Crippen LogP contribution in [-0.2, 0) is 11.3 Å². The molecule has 0 N–H and O–H groups in total. The smallest absolute Gasteiger partial charge is 0.223 e. The first-order valence-electron chi connectivity index (χ1n) is 7.25. The average Bonchev–Trinajstić information content (AvgIpc) is 3.01. The fourth-order valence-electron chi connectivity index (χ4n) is 2.32. The van der Waals surface area contributed by atoms with Crippen molar-refractivity contribution >= 4 is 34.4 Å². The maximum absolute atomic E-state index is 12.2. The molecule has 118 valence electrons. The number of hydrogen-bond acceptors (Lipinski definition) is 4. The van der Waals surface area contributed by atoms with Gasteiger partial charge in [-0.25, -0.2) is 0 Å². The highest BCUT2D eigenvalue weighted by atomic mass is 32.1. The molecular formula is C17H21NO2S2. The van der Waals surface area contributed by atoms with Gasteiger partial charge < -0.3 is 4.90 Å². The summed E-state index contributed by atoms with van der Waals surface area (Å²) in [5.41, 5.74) is 1.98. The number of carbonyl (C=O) groups excluding carboxylic acids is 2. The largest absolute Gasteiger partial charge is 0.341 e. The second kappa shape index (κ2) is 7.20. The van der Waals surface area contributed by atoms with Crippen molar-refractivity contribution < 1.29 is 9.59 Å². The summed E-state index contributed by atoms with van der Waals surface area (Å²) in [6, 6.07) is 3.98. The molecule has 0 aliphatic rings. The molecule has 3 nitrogen and oxygen atoms in total. The number of hydrogen-bond donors (Lipinski definition) is 0. The second-order valence-corrected chi connectivity index (χ2v) is 7.99. The lowest BCUT2D eigenvalue weighted by molar-refractivity contribution is -0.130. The van der Waals surface area contributed by atoms with E-state index in [1.54, 1.807) is 34.6 Å². The average molecular weight is 335 g/mol.